The van der Waals surface area contributed by atoms with Crippen molar-refractivity contribution < 1.29 is 16.8 Å². The summed E-state index contributed by atoms with van der Waals surface area (Å²) in [5.74, 6) is 0. The molecule has 1 N–H and O–H groups in total. The Bertz CT molecular complexity index is 1060. The standard InChI is InChI=1S/C27H47N3O4S3/c1-4-6-7-8-9-10-11-12-13-14-15-16-17-18-19-20-21-29-36(31,32)26-22-24-25(28-5-2)23-30(3)37(33,34)27(24)35-26/h12-13,21-22,25,28H,4-11,14-20,23H2,1-3H3/b13-12+,29-21+/t25-/m0/s1. The minimum atomic E-state index is -3.91. The summed E-state index contributed by atoms with van der Waals surface area (Å²) in [7, 11) is -6.07. The molecule has 0 saturated carbocycles. The highest BCUT2D eigenvalue weighted by molar-refractivity contribution is 7.94. The van der Waals surface area contributed by atoms with E-state index in [1.54, 1.807) is 0 Å². The first-order valence-electron chi connectivity index (χ1n) is 14.0. The number of allylic oxidation sites excluding steroid dienone is 2. The van der Waals surface area contributed by atoms with Crippen molar-refractivity contribution in [3.8, 4) is 0 Å². The summed E-state index contributed by atoms with van der Waals surface area (Å²) >= 11 is 0.795. The number of fused-ring (bicyclic) bond motifs is 1. The predicted octanol–water partition coefficient (Wildman–Crippen LogP) is 6.83. The van der Waals surface area contributed by atoms with E-state index in [9.17, 15) is 16.8 Å². The first-order valence-corrected chi connectivity index (χ1v) is 17.7. The van der Waals surface area contributed by atoms with Crippen LogP contribution in [0.1, 0.15) is 115 Å². The van der Waals surface area contributed by atoms with Gasteiger partial charge in [0.25, 0.3) is 20.0 Å². The molecule has 10 heteroatoms. The molecule has 0 saturated heterocycles. The number of hydrogen-bond acceptors (Lipinski definition) is 6. The number of nitrogens with one attached hydrogen (secondary N) is 1. The third-order valence-electron chi connectivity index (χ3n) is 6.68. The monoisotopic (exact) mass is 573 g/mol. The fraction of sp³-hybridized carbons (Fsp3) is 0.741. The van der Waals surface area contributed by atoms with Crippen molar-refractivity contribution in [1.82, 2.24) is 9.62 Å². The van der Waals surface area contributed by atoms with Crippen LogP contribution in [0, 0.1) is 0 Å². The van der Waals surface area contributed by atoms with Crippen LogP contribution in [-0.2, 0) is 20.0 Å². The van der Waals surface area contributed by atoms with E-state index in [1.165, 1.54) is 81.4 Å². The molecule has 0 unspecified atom stereocenters. The summed E-state index contributed by atoms with van der Waals surface area (Å²) in [4.78, 5) is 0. The molecule has 0 amide bonds. The van der Waals surface area contributed by atoms with E-state index in [0.717, 1.165) is 37.0 Å². The molecule has 0 aliphatic carbocycles. The second kappa shape index (κ2) is 16.8. The van der Waals surface area contributed by atoms with Crippen molar-refractivity contribution in [2.24, 2.45) is 4.40 Å². The Hall–Kier alpha value is -1.07. The van der Waals surface area contributed by atoms with Gasteiger partial charge in [-0.05, 0) is 51.1 Å². The van der Waals surface area contributed by atoms with E-state index in [2.05, 4.69) is 28.8 Å². The van der Waals surface area contributed by atoms with Gasteiger partial charge in [-0.2, -0.15) is 17.1 Å². The van der Waals surface area contributed by atoms with Gasteiger partial charge in [-0.25, -0.2) is 8.42 Å². The smallest absolute Gasteiger partial charge is 0.291 e. The lowest BCUT2D eigenvalue weighted by atomic mass is 10.1. The maximum absolute atomic E-state index is 12.7. The van der Waals surface area contributed by atoms with Crippen molar-refractivity contribution in [3.05, 3.63) is 23.8 Å². The van der Waals surface area contributed by atoms with Crippen molar-refractivity contribution in [1.29, 1.82) is 0 Å². The van der Waals surface area contributed by atoms with E-state index < -0.39 is 20.0 Å². The Kier molecular flexibility index (Phi) is 14.6. The Labute approximate surface area is 229 Å². The van der Waals surface area contributed by atoms with Gasteiger partial charge in [0, 0.05) is 31.4 Å². The fourth-order valence-electron chi connectivity index (χ4n) is 4.46. The number of nitrogens with zero attached hydrogens (tertiary/aromatic N) is 2. The summed E-state index contributed by atoms with van der Waals surface area (Å²) in [5, 5.41) is 3.24. The van der Waals surface area contributed by atoms with Crippen molar-refractivity contribution in [3.63, 3.8) is 0 Å². The lowest BCUT2D eigenvalue weighted by Gasteiger charge is -2.29. The first-order chi connectivity index (χ1) is 17.7. The zero-order valence-corrected chi connectivity index (χ0v) is 25.4. The Morgan fingerprint density at radius 2 is 1.54 bits per heavy atom. The van der Waals surface area contributed by atoms with Crippen LogP contribution in [0.3, 0.4) is 0 Å². The summed E-state index contributed by atoms with van der Waals surface area (Å²) in [6.45, 7) is 5.12. The number of hydrogen-bond donors (Lipinski definition) is 1. The molecule has 1 aromatic heterocycles. The van der Waals surface area contributed by atoms with Crippen LogP contribution in [0.25, 0.3) is 0 Å². The van der Waals surface area contributed by atoms with Gasteiger partial charge in [-0.15, -0.1) is 11.3 Å². The highest BCUT2D eigenvalue weighted by atomic mass is 32.3. The summed E-state index contributed by atoms with van der Waals surface area (Å²) in [6, 6.07) is 1.25. The summed E-state index contributed by atoms with van der Waals surface area (Å²) in [5.41, 5.74) is 0.524. The summed E-state index contributed by atoms with van der Waals surface area (Å²) in [6.07, 6.45) is 22.6. The van der Waals surface area contributed by atoms with E-state index in [1.807, 2.05) is 6.92 Å². The average Bonchev–Trinajstić information content (AvgIpc) is 3.33. The zero-order valence-electron chi connectivity index (χ0n) is 23.0. The highest BCUT2D eigenvalue weighted by Gasteiger charge is 2.38. The SMILES string of the molecule is CCCCCCCC/C=C/CCCCCCC/C=N/S(=O)(=O)c1cc2c(s1)S(=O)(=O)N(C)C[C@@H]2NCC. The average molecular weight is 574 g/mol. The summed E-state index contributed by atoms with van der Waals surface area (Å²) < 4.78 is 56.1. The normalized spacial score (nSPS) is 18.2. The lowest BCUT2D eigenvalue weighted by Crippen LogP contribution is -2.40. The zero-order chi connectivity index (χ0) is 27.2. The molecule has 1 aromatic rings. The molecule has 7 nitrogen and oxygen atoms in total. The number of rotatable bonds is 19. The topological polar surface area (TPSA) is 95.9 Å². The minimum Gasteiger partial charge on any atom is -0.309 e. The van der Waals surface area contributed by atoms with Gasteiger partial charge in [-0.1, -0.05) is 77.4 Å². The van der Waals surface area contributed by atoms with Gasteiger partial charge in [0.1, 0.15) is 8.42 Å². The molecule has 0 radical (unpaired) electrons. The quantitative estimate of drug-likeness (QED) is 0.111. The van der Waals surface area contributed by atoms with Gasteiger partial charge in [0.15, 0.2) is 0 Å². The van der Waals surface area contributed by atoms with E-state index in [-0.39, 0.29) is 21.0 Å². The fourth-order valence-corrected chi connectivity index (χ4v) is 8.99. The third kappa shape index (κ3) is 10.5. The maximum Gasteiger partial charge on any atom is 0.291 e. The Balaban J connectivity index is 1.67. The predicted molar refractivity (Wildman–Crippen MR) is 156 cm³/mol. The molecule has 0 bridgehead atoms. The number of thiophene rings is 1. The molecule has 0 spiro atoms. The number of sulfonamides is 2. The number of unbranched alkanes of at least 4 members (excludes halogenated alkanes) is 12. The second-order valence-corrected chi connectivity index (χ2v) is 15.0. The molecular formula is C27H47N3O4S3. The molecule has 1 aliphatic rings. The Morgan fingerprint density at radius 1 is 0.973 bits per heavy atom. The molecule has 0 fully saturated rings. The van der Waals surface area contributed by atoms with Crippen LogP contribution in [0.5, 0.6) is 0 Å². The molecule has 37 heavy (non-hydrogen) atoms. The molecule has 2 rings (SSSR count). The van der Waals surface area contributed by atoms with Crippen LogP contribution < -0.4 is 5.32 Å². The third-order valence-corrected chi connectivity index (χ3v) is 11.9. The van der Waals surface area contributed by atoms with Crippen LogP contribution in [0.4, 0.5) is 0 Å². The second-order valence-electron chi connectivity index (χ2n) is 9.84. The lowest BCUT2D eigenvalue weighted by molar-refractivity contribution is 0.385. The van der Waals surface area contributed by atoms with Crippen molar-refractivity contribution in [2.45, 2.75) is 118 Å². The van der Waals surface area contributed by atoms with Crippen molar-refractivity contribution in [2.75, 3.05) is 20.1 Å². The van der Waals surface area contributed by atoms with Gasteiger partial charge < -0.3 is 5.32 Å². The molecule has 1 atom stereocenters. The van der Waals surface area contributed by atoms with Crippen molar-refractivity contribution >= 4 is 37.6 Å². The molecule has 212 valence electrons. The number of likely N-dealkylation sites (N-methyl/N-ethyl adjacent to an activating group) is 2. The van der Waals surface area contributed by atoms with Gasteiger partial charge >= 0.3 is 0 Å². The van der Waals surface area contributed by atoms with E-state index in [4.69, 9.17) is 0 Å². The molecule has 1 aliphatic heterocycles. The molecular weight excluding hydrogens is 527 g/mol. The minimum absolute atomic E-state index is 0.0138. The van der Waals surface area contributed by atoms with E-state index >= 15 is 0 Å². The largest absolute Gasteiger partial charge is 0.309 e. The molecule has 2 heterocycles. The van der Waals surface area contributed by atoms with Gasteiger partial charge in [-0.3, -0.25) is 0 Å². The maximum atomic E-state index is 12.7. The van der Waals surface area contributed by atoms with Crippen LogP contribution in [-0.4, -0.2) is 47.5 Å². The van der Waals surface area contributed by atoms with Crippen LogP contribution >= 0.6 is 11.3 Å². The first kappa shape index (κ1) is 32.1. The van der Waals surface area contributed by atoms with Gasteiger partial charge in [0.2, 0.25) is 0 Å². The highest BCUT2D eigenvalue weighted by Crippen LogP contribution is 2.40. The van der Waals surface area contributed by atoms with Gasteiger partial charge in [0.05, 0.1) is 0 Å². The van der Waals surface area contributed by atoms with E-state index in [0.29, 0.717) is 18.5 Å². The Morgan fingerprint density at radius 3 is 2.14 bits per heavy atom. The van der Waals surface area contributed by atoms with Crippen LogP contribution in [0.2, 0.25) is 0 Å². The molecule has 0 aromatic carbocycles. The van der Waals surface area contributed by atoms with Crippen LogP contribution in [0.15, 0.2) is 31.0 Å².